The van der Waals surface area contributed by atoms with Crippen molar-refractivity contribution in [2.45, 2.75) is 30.2 Å². The fraction of sp³-hybridized carbons (Fsp3) is 0.231. The lowest BCUT2D eigenvalue weighted by Gasteiger charge is -2.32. The van der Waals surface area contributed by atoms with Gasteiger partial charge in [-0.1, -0.05) is 60.7 Å². The number of sulfonamides is 1. The first-order valence-corrected chi connectivity index (χ1v) is 13.7. The van der Waals surface area contributed by atoms with Crippen LogP contribution in [-0.2, 0) is 19.6 Å². The second-order valence-corrected chi connectivity index (χ2v) is 10.9. The topological polar surface area (TPSA) is 107 Å². The van der Waals surface area contributed by atoms with Crippen molar-refractivity contribution in [1.29, 1.82) is 0 Å². The van der Waals surface area contributed by atoms with Gasteiger partial charge in [-0.3, -0.25) is 9.59 Å². The van der Waals surface area contributed by atoms with E-state index in [0.717, 1.165) is 22.9 Å². The number of Topliss-reactive ketones (excluding diaryl/α,β-unsaturated/α-hetero) is 1. The van der Waals surface area contributed by atoms with Crippen molar-refractivity contribution in [1.82, 2.24) is 13.1 Å². The first-order chi connectivity index (χ1) is 17.4. The van der Waals surface area contributed by atoms with Crippen LogP contribution in [-0.4, -0.2) is 52.4 Å². The van der Waals surface area contributed by atoms with Crippen molar-refractivity contribution in [3.05, 3.63) is 78.4 Å². The molecule has 0 spiro atoms. The molecule has 1 aliphatic rings. The van der Waals surface area contributed by atoms with E-state index in [1.165, 1.54) is 10.4 Å². The van der Waals surface area contributed by atoms with E-state index in [4.69, 9.17) is 4.74 Å². The molecular formula is C26H23N3O5S2. The number of esters is 1. The smallest absolute Gasteiger partial charge is 0.324 e. The predicted octanol–water partition coefficient (Wildman–Crippen LogP) is 4.33. The van der Waals surface area contributed by atoms with E-state index < -0.39 is 28.6 Å². The number of hydrogen-bond acceptors (Lipinski definition) is 8. The molecule has 0 bridgehead atoms. The van der Waals surface area contributed by atoms with Crippen LogP contribution >= 0.6 is 11.7 Å². The quantitative estimate of drug-likeness (QED) is 0.263. The van der Waals surface area contributed by atoms with E-state index in [1.54, 1.807) is 24.3 Å². The van der Waals surface area contributed by atoms with Crippen molar-refractivity contribution in [3.63, 3.8) is 0 Å². The van der Waals surface area contributed by atoms with Gasteiger partial charge in [-0.25, -0.2) is 8.42 Å². The summed E-state index contributed by atoms with van der Waals surface area (Å²) in [4.78, 5) is 25.7. The van der Waals surface area contributed by atoms with Crippen LogP contribution < -0.4 is 0 Å². The van der Waals surface area contributed by atoms with Crippen molar-refractivity contribution in [2.75, 3.05) is 13.2 Å². The van der Waals surface area contributed by atoms with E-state index in [0.29, 0.717) is 30.3 Å². The molecule has 8 nitrogen and oxygen atoms in total. The van der Waals surface area contributed by atoms with Gasteiger partial charge in [0, 0.05) is 12.1 Å². The third-order valence-corrected chi connectivity index (χ3v) is 8.70. The number of ketones is 1. The average molecular weight is 522 g/mol. The predicted molar refractivity (Wildman–Crippen MR) is 136 cm³/mol. The number of nitrogens with zero attached hydrogens (tertiary/aromatic N) is 3. The first kappa shape index (κ1) is 24.2. The zero-order valence-electron chi connectivity index (χ0n) is 19.2. The fourth-order valence-electron chi connectivity index (χ4n) is 4.34. The van der Waals surface area contributed by atoms with Crippen LogP contribution in [0.25, 0.3) is 22.2 Å². The molecule has 1 atom stereocenters. The third kappa shape index (κ3) is 4.79. The molecule has 1 aliphatic heterocycles. The SMILES string of the molecule is O=C(COC(=O)C1CCCCN1S(=O)(=O)c1cccc2nsnc12)c1ccc(-c2ccccc2)cc1. The Labute approximate surface area is 212 Å². The van der Waals surface area contributed by atoms with Gasteiger partial charge in [0.1, 0.15) is 22.0 Å². The van der Waals surface area contributed by atoms with E-state index in [-0.39, 0.29) is 22.7 Å². The maximum atomic E-state index is 13.5. The number of hydrogen-bond donors (Lipinski definition) is 0. The minimum absolute atomic E-state index is 0.0167. The summed E-state index contributed by atoms with van der Waals surface area (Å²) in [5.74, 6) is -1.08. The van der Waals surface area contributed by atoms with Crippen LogP contribution in [0.1, 0.15) is 29.6 Å². The van der Waals surface area contributed by atoms with Gasteiger partial charge < -0.3 is 4.74 Å². The molecule has 4 aromatic rings. The number of carbonyl (C=O) groups excluding carboxylic acids is 2. The van der Waals surface area contributed by atoms with E-state index in [1.807, 2.05) is 42.5 Å². The zero-order chi connectivity index (χ0) is 25.1. The molecule has 3 aromatic carbocycles. The monoisotopic (exact) mass is 521 g/mol. The number of piperidine rings is 1. The third-order valence-electron chi connectivity index (χ3n) is 6.22. The summed E-state index contributed by atoms with van der Waals surface area (Å²) in [6.07, 6.45) is 1.63. The summed E-state index contributed by atoms with van der Waals surface area (Å²) in [5.41, 5.74) is 3.19. The maximum Gasteiger partial charge on any atom is 0.324 e. The molecule has 1 fully saturated rings. The Morgan fingerprint density at radius 3 is 2.44 bits per heavy atom. The summed E-state index contributed by atoms with van der Waals surface area (Å²) in [5, 5.41) is 0. The first-order valence-electron chi connectivity index (χ1n) is 11.5. The summed E-state index contributed by atoms with van der Waals surface area (Å²) in [6, 6.07) is 20.6. The van der Waals surface area contributed by atoms with Crippen molar-refractivity contribution in [2.24, 2.45) is 0 Å². The molecule has 0 aliphatic carbocycles. The Morgan fingerprint density at radius 1 is 0.917 bits per heavy atom. The number of rotatable bonds is 7. The maximum absolute atomic E-state index is 13.5. The molecule has 0 N–H and O–H groups in total. The largest absolute Gasteiger partial charge is 0.456 e. The highest BCUT2D eigenvalue weighted by molar-refractivity contribution is 7.89. The lowest BCUT2D eigenvalue weighted by Crippen LogP contribution is -2.48. The molecule has 10 heteroatoms. The lowest BCUT2D eigenvalue weighted by molar-refractivity contribution is -0.148. The second-order valence-electron chi connectivity index (χ2n) is 8.49. The van der Waals surface area contributed by atoms with E-state index in [2.05, 4.69) is 8.75 Å². The van der Waals surface area contributed by atoms with Gasteiger partial charge in [0.25, 0.3) is 0 Å². The molecule has 1 unspecified atom stereocenters. The Balaban J connectivity index is 1.28. The molecule has 1 saturated heterocycles. The minimum atomic E-state index is -4.02. The number of fused-ring (bicyclic) bond motifs is 1. The summed E-state index contributed by atoms with van der Waals surface area (Å²) in [7, 11) is -4.02. The number of benzene rings is 3. The lowest BCUT2D eigenvalue weighted by atomic mass is 10.0. The normalized spacial score (nSPS) is 16.6. The zero-order valence-corrected chi connectivity index (χ0v) is 20.9. The van der Waals surface area contributed by atoms with Gasteiger partial charge in [-0.05, 0) is 42.5 Å². The molecular weight excluding hydrogens is 498 g/mol. The molecule has 0 saturated carbocycles. The van der Waals surface area contributed by atoms with Crippen molar-refractivity contribution < 1.29 is 22.7 Å². The van der Waals surface area contributed by atoms with Crippen LogP contribution in [0, 0.1) is 0 Å². The molecule has 2 heterocycles. The Bertz CT molecular complexity index is 1500. The number of carbonyl (C=O) groups is 2. The fourth-order valence-corrected chi connectivity index (χ4v) is 6.74. The highest BCUT2D eigenvalue weighted by atomic mass is 32.2. The molecule has 5 rings (SSSR count). The summed E-state index contributed by atoms with van der Waals surface area (Å²) < 4.78 is 41.8. The van der Waals surface area contributed by atoms with Gasteiger partial charge in [-0.15, -0.1) is 0 Å². The van der Waals surface area contributed by atoms with Gasteiger partial charge in [-0.2, -0.15) is 13.1 Å². The minimum Gasteiger partial charge on any atom is -0.456 e. The van der Waals surface area contributed by atoms with Crippen LogP contribution in [0.2, 0.25) is 0 Å². The molecule has 0 radical (unpaired) electrons. The van der Waals surface area contributed by atoms with Gasteiger partial charge >= 0.3 is 5.97 Å². The van der Waals surface area contributed by atoms with Crippen molar-refractivity contribution in [3.8, 4) is 11.1 Å². The Kier molecular flexibility index (Phi) is 6.90. The van der Waals surface area contributed by atoms with E-state index in [9.17, 15) is 18.0 Å². The standard InChI is InChI=1S/C26H23N3O5S2/c30-23(20-14-12-19(13-15-20)18-7-2-1-3-8-18)17-34-26(31)22-10-4-5-16-29(22)36(32,33)24-11-6-9-21-25(24)28-35-27-21/h1-3,6-9,11-15,22H,4-5,10,16-17H2. The van der Waals surface area contributed by atoms with Crippen molar-refractivity contribution >= 4 is 44.5 Å². The van der Waals surface area contributed by atoms with Gasteiger partial charge in [0.2, 0.25) is 10.0 Å². The van der Waals surface area contributed by atoms with Crippen LogP contribution in [0.15, 0.2) is 77.7 Å². The van der Waals surface area contributed by atoms with Crippen LogP contribution in [0.4, 0.5) is 0 Å². The summed E-state index contributed by atoms with van der Waals surface area (Å²) in [6.45, 7) is -0.273. The Hall–Kier alpha value is -3.47. The van der Waals surface area contributed by atoms with E-state index >= 15 is 0 Å². The number of ether oxygens (including phenoxy) is 1. The molecule has 36 heavy (non-hydrogen) atoms. The second kappa shape index (κ2) is 10.3. The highest BCUT2D eigenvalue weighted by Crippen LogP contribution is 2.30. The van der Waals surface area contributed by atoms with Gasteiger partial charge in [0.05, 0.1) is 11.7 Å². The molecule has 1 aromatic heterocycles. The average Bonchev–Trinajstić information content (AvgIpc) is 3.41. The molecule has 184 valence electrons. The number of aromatic nitrogens is 2. The van der Waals surface area contributed by atoms with Crippen LogP contribution in [0.3, 0.4) is 0 Å². The Morgan fingerprint density at radius 2 is 1.67 bits per heavy atom. The molecule has 0 amide bonds. The van der Waals surface area contributed by atoms with Crippen LogP contribution in [0.5, 0.6) is 0 Å². The summed E-state index contributed by atoms with van der Waals surface area (Å²) >= 11 is 0.934. The van der Waals surface area contributed by atoms with Gasteiger partial charge in [0.15, 0.2) is 12.4 Å². The highest BCUT2D eigenvalue weighted by Gasteiger charge is 2.39.